The maximum atomic E-state index is 12.1. The van der Waals surface area contributed by atoms with Gasteiger partial charge >= 0.3 is 6.09 Å². The van der Waals surface area contributed by atoms with Crippen LogP contribution in [0.15, 0.2) is 36.7 Å². The number of pyridine rings is 1. The summed E-state index contributed by atoms with van der Waals surface area (Å²) >= 11 is 0. The number of ether oxygens (including phenoxy) is 1. The van der Waals surface area contributed by atoms with Gasteiger partial charge in [0.2, 0.25) is 5.88 Å². The molecule has 24 heavy (non-hydrogen) atoms. The quantitative estimate of drug-likeness (QED) is 0.762. The molecule has 0 atom stereocenters. The lowest BCUT2D eigenvalue weighted by molar-refractivity contribution is 0.213. The van der Waals surface area contributed by atoms with E-state index in [1.165, 1.54) is 0 Å². The van der Waals surface area contributed by atoms with Crippen LogP contribution in [0.4, 0.5) is 22.1 Å². The van der Waals surface area contributed by atoms with Gasteiger partial charge in [-0.1, -0.05) is 0 Å². The third kappa shape index (κ3) is 3.51. The van der Waals surface area contributed by atoms with E-state index in [1.54, 1.807) is 54.1 Å². The van der Waals surface area contributed by atoms with Gasteiger partial charge in [0.1, 0.15) is 11.5 Å². The second-order valence-electron chi connectivity index (χ2n) is 5.16. The topological polar surface area (TPSA) is 98.9 Å². The van der Waals surface area contributed by atoms with E-state index >= 15 is 0 Å². The molecular formula is C15H17N7O2. The first-order valence-corrected chi connectivity index (χ1v) is 7.22. The number of hydrogen-bond donors (Lipinski definition) is 2. The molecule has 0 bridgehead atoms. The van der Waals surface area contributed by atoms with E-state index in [0.29, 0.717) is 11.5 Å². The molecule has 3 heterocycles. The molecule has 0 saturated carbocycles. The maximum absolute atomic E-state index is 12.1. The molecule has 0 spiro atoms. The molecule has 124 valence electrons. The predicted octanol–water partition coefficient (Wildman–Crippen LogP) is 2.21. The summed E-state index contributed by atoms with van der Waals surface area (Å²) in [4.78, 5) is 16.3. The Labute approximate surface area is 138 Å². The summed E-state index contributed by atoms with van der Waals surface area (Å²) in [5, 5.41) is 13.8. The van der Waals surface area contributed by atoms with E-state index in [1.807, 2.05) is 13.0 Å². The van der Waals surface area contributed by atoms with Gasteiger partial charge in [0.15, 0.2) is 5.82 Å². The molecule has 0 aliphatic carbocycles. The van der Waals surface area contributed by atoms with Gasteiger partial charge in [-0.05, 0) is 19.1 Å². The number of carbonyl (C=O) groups is 1. The highest BCUT2D eigenvalue weighted by molar-refractivity contribution is 5.85. The number of anilines is 3. The molecule has 0 aliphatic heterocycles. The van der Waals surface area contributed by atoms with Gasteiger partial charge in [-0.25, -0.2) is 9.78 Å². The molecule has 0 aromatic carbocycles. The third-order valence-electron chi connectivity index (χ3n) is 3.22. The Kier molecular flexibility index (Phi) is 4.15. The molecule has 3 aromatic heterocycles. The second kappa shape index (κ2) is 6.41. The van der Waals surface area contributed by atoms with Crippen molar-refractivity contribution < 1.29 is 9.53 Å². The molecule has 0 fully saturated rings. The van der Waals surface area contributed by atoms with E-state index in [4.69, 9.17) is 4.74 Å². The van der Waals surface area contributed by atoms with E-state index in [-0.39, 0.29) is 5.88 Å². The molecule has 1 amide bonds. The van der Waals surface area contributed by atoms with Crippen molar-refractivity contribution in [3.05, 3.63) is 42.4 Å². The summed E-state index contributed by atoms with van der Waals surface area (Å²) in [5.74, 6) is 1.32. The number of nitrogens with zero attached hydrogens (tertiary/aromatic N) is 5. The van der Waals surface area contributed by atoms with Crippen molar-refractivity contribution in [2.24, 2.45) is 14.1 Å². The fourth-order valence-electron chi connectivity index (χ4n) is 2.04. The normalized spacial score (nSPS) is 10.5. The van der Waals surface area contributed by atoms with Gasteiger partial charge < -0.3 is 10.1 Å². The van der Waals surface area contributed by atoms with Gasteiger partial charge in [-0.3, -0.25) is 14.7 Å². The number of amides is 1. The Hall–Kier alpha value is -3.36. The average Bonchev–Trinajstić information content (AvgIpc) is 3.11. The van der Waals surface area contributed by atoms with Crippen LogP contribution in [0.25, 0.3) is 0 Å². The number of hydrogen-bond acceptors (Lipinski definition) is 6. The minimum atomic E-state index is -0.667. The summed E-state index contributed by atoms with van der Waals surface area (Å²) in [6, 6.07) is 7.08. The van der Waals surface area contributed by atoms with Crippen LogP contribution in [0.5, 0.6) is 5.88 Å². The van der Waals surface area contributed by atoms with Gasteiger partial charge in [-0.15, -0.1) is 0 Å². The predicted molar refractivity (Wildman–Crippen MR) is 88.3 cm³/mol. The Morgan fingerprint density at radius 2 is 2.04 bits per heavy atom. The lowest BCUT2D eigenvalue weighted by Crippen LogP contribution is -2.18. The lowest BCUT2D eigenvalue weighted by atomic mass is 10.3. The van der Waals surface area contributed by atoms with Crippen molar-refractivity contribution in [1.29, 1.82) is 0 Å². The Bertz CT molecular complexity index is 868. The number of rotatable bonds is 4. The van der Waals surface area contributed by atoms with Crippen LogP contribution in [0.1, 0.15) is 5.69 Å². The molecule has 0 saturated heterocycles. The molecule has 9 nitrogen and oxygen atoms in total. The van der Waals surface area contributed by atoms with Crippen molar-refractivity contribution in [3.63, 3.8) is 0 Å². The molecule has 0 aliphatic rings. The molecule has 0 radical (unpaired) electrons. The second-order valence-corrected chi connectivity index (χ2v) is 5.16. The van der Waals surface area contributed by atoms with Crippen LogP contribution < -0.4 is 15.4 Å². The number of carbonyl (C=O) groups excluding carboxylic acids is 1. The molecule has 9 heteroatoms. The van der Waals surface area contributed by atoms with E-state index < -0.39 is 6.09 Å². The van der Waals surface area contributed by atoms with E-state index in [2.05, 4.69) is 25.8 Å². The molecule has 3 aromatic rings. The standard InChI is InChI=1S/C15H17N7O2/c1-10-4-5-11(18-13-6-8-16-22(13)3)14(17-10)24-15(23)19-12-7-9-21(2)20-12/h4-9,18H,1-3H3,(H,19,20,23). The van der Waals surface area contributed by atoms with Crippen LogP contribution in [0.2, 0.25) is 0 Å². The number of aromatic nitrogens is 5. The largest absolute Gasteiger partial charge is 0.419 e. The first kappa shape index (κ1) is 15.5. The van der Waals surface area contributed by atoms with Crippen molar-refractivity contribution >= 4 is 23.4 Å². The highest BCUT2D eigenvalue weighted by Crippen LogP contribution is 2.26. The minimum Gasteiger partial charge on any atom is -0.389 e. The average molecular weight is 327 g/mol. The number of nitrogens with one attached hydrogen (secondary N) is 2. The zero-order valence-corrected chi connectivity index (χ0v) is 13.5. The Morgan fingerprint density at radius 1 is 1.21 bits per heavy atom. The highest BCUT2D eigenvalue weighted by Gasteiger charge is 2.13. The fraction of sp³-hybridized carbons (Fsp3) is 0.200. The van der Waals surface area contributed by atoms with Crippen LogP contribution in [-0.2, 0) is 14.1 Å². The van der Waals surface area contributed by atoms with E-state index in [9.17, 15) is 4.79 Å². The van der Waals surface area contributed by atoms with Crippen molar-refractivity contribution in [1.82, 2.24) is 24.5 Å². The highest BCUT2D eigenvalue weighted by atomic mass is 16.6. The van der Waals surface area contributed by atoms with Crippen LogP contribution in [-0.4, -0.2) is 30.6 Å². The van der Waals surface area contributed by atoms with Crippen molar-refractivity contribution in [2.75, 3.05) is 10.6 Å². The Morgan fingerprint density at radius 3 is 2.71 bits per heavy atom. The molecular weight excluding hydrogens is 310 g/mol. The summed E-state index contributed by atoms with van der Waals surface area (Å²) < 4.78 is 8.57. The van der Waals surface area contributed by atoms with Gasteiger partial charge in [0.05, 0.1) is 6.20 Å². The summed E-state index contributed by atoms with van der Waals surface area (Å²) in [6.07, 6.45) is 2.72. The summed E-state index contributed by atoms with van der Waals surface area (Å²) in [5.41, 5.74) is 1.28. The smallest absolute Gasteiger partial charge is 0.389 e. The van der Waals surface area contributed by atoms with Gasteiger partial charge in [0.25, 0.3) is 0 Å². The first-order valence-electron chi connectivity index (χ1n) is 7.22. The van der Waals surface area contributed by atoms with Gasteiger partial charge in [-0.2, -0.15) is 10.2 Å². The summed E-state index contributed by atoms with van der Waals surface area (Å²) in [7, 11) is 3.56. The first-order chi connectivity index (χ1) is 11.5. The monoisotopic (exact) mass is 327 g/mol. The summed E-state index contributed by atoms with van der Waals surface area (Å²) in [6.45, 7) is 1.82. The van der Waals surface area contributed by atoms with Crippen molar-refractivity contribution in [2.45, 2.75) is 6.92 Å². The Balaban J connectivity index is 1.77. The van der Waals surface area contributed by atoms with Crippen LogP contribution in [0.3, 0.4) is 0 Å². The lowest BCUT2D eigenvalue weighted by Gasteiger charge is -2.12. The zero-order valence-electron chi connectivity index (χ0n) is 13.5. The van der Waals surface area contributed by atoms with Crippen LogP contribution in [0, 0.1) is 6.92 Å². The van der Waals surface area contributed by atoms with Crippen molar-refractivity contribution in [3.8, 4) is 5.88 Å². The maximum Gasteiger partial charge on any atom is 0.419 e. The zero-order chi connectivity index (χ0) is 17.1. The SMILES string of the molecule is Cc1ccc(Nc2ccnn2C)c(OC(=O)Nc2ccn(C)n2)n1. The molecule has 0 unspecified atom stereocenters. The minimum absolute atomic E-state index is 0.171. The van der Waals surface area contributed by atoms with Gasteiger partial charge in [0, 0.05) is 38.1 Å². The molecule has 3 rings (SSSR count). The third-order valence-corrected chi connectivity index (χ3v) is 3.22. The molecule has 2 N–H and O–H groups in total. The van der Waals surface area contributed by atoms with E-state index in [0.717, 1.165) is 11.5 Å². The fourth-order valence-corrected chi connectivity index (χ4v) is 2.04. The van der Waals surface area contributed by atoms with Crippen LogP contribution >= 0.6 is 0 Å². The number of aryl methyl sites for hydroxylation is 3.